The summed E-state index contributed by atoms with van der Waals surface area (Å²) in [4.78, 5) is 16.6. The Morgan fingerprint density at radius 1 is 1.06 bits per heavy atom. The van der Waals surface area contributed by atoms with Crippen LogP contribution in [0.3, 0.4) is 0 Å². The first-order valence-electron chi connectivity index (χ1n) is 12.7. The van der Waals surface area contributed by atoms with Crippen LogP contribution in [0.5, 0.6) is 5.75 Å². The molecule has 2 saturated heterocycles. The Morgan fingerprint density at radius 3 is 2.34 bits per heavy atom. The first-order chi connectivity index (χ1) is 16.8. The predicted molar refractivity (Wildman–Crippen MR) is 137 cm³/mol. The van der Waals surface area contributed by atoms with Gasteiger partial charge < -0.3 is 14.7 Å². The lowest BCUT2D eigenvalue weighted by atomic mass is 9.93. The topological polar surface area (TPSA) is 53.0 Å². The van der Waals surface area contributed by atoms with Crippen molar-refractivity contribution in [3.8, 4) is 5.75 Å². The molecule has 0 bridgehead atoms. The number of carboxylic acid groups (broad SMARTS) is 1. The molecule has 0 radical (unpaired) electrons. The minimum atomic E-state index is -0.806. The fraction of sp³-hybridized carbons (Fsp3) is 0.536. The van der Waals surface area contributed by atoms with Crippen molar-refractivity contribution in [1.82, 2.24) is 9.80 Å². The van der Waals surface area contributed by atoms with Crippen molar-refractivity contribution >= 4 is 17.6 Å². The van der Waals surface area contributed by atoms with Crippen LogP contribution in [-0.2, 0) is 11.2 Å². The van der Waals surface area contributed by atoms with Gasteiger partial charge in [0.2, 0.25) is 0 Å². The van der Waals surface area contributed by atoms with Crippen molar-refractivity contribution in [2.24, 2.45) is 5.92 Å². The van der Waals surface area contributed by atoms with Crippen LogP contribution in [0.2, 0.25) is 5.02 Å². The SMILES string of the molecule is Cc1ccc(OC2CCN(CC3CCN([C@@H](Cc4ccc(F)cc4)C(=O)O)CC3)CC2)c(C)c1Cl. The number of carboxylic acids is 1. The number of aryl methyl sites for hydroxylation is 1. The van der Waals surface area contributed by atoms with E-state index < -0.39 is 12.0 Å². The van der Waals surface area contributed by atoms with Crippen molar-refractivity contribution in [3.63, 3.8) is 0 Å². The second-order valence-electron chi connectivity index (χ2n) is 10.1. The molecule has 0 amide bonds. The maximum Gasteiger partial charge on any atom is 0.321 e. The van der Waals surface area contributed by atoms with Gasteiger partial charge in [0, 0.05) is 25.2 Å². The Bertz CT molecular complexity index is 1000. The zero-order valence-corrected chi connectivity index (χ0v) is 21.4. The van der Waals surface area contributed by atoms with E-state index >= 15 is 0 Å². The monoisotopic (exact) mass is 502 g/mol. The molecule has 2 heterocycles. The Balaban J connectivity index is 1.22. The zero-order valence-electron chi connectivity index (χ0n) is 20.7. The number of likely N-dealkylation sites (tertiary alicyclic amines) is 2. The van der Waals surface area contributed by atoms with Gasteiger partial charge in [0.25, 0.3) is 0 Å². The number of hydrogen-bond acceptors (Lipinski definition) is 4. The fourth-order valence-electron chi connectivity index (χ4n) is 5.35. The van der Waals surface area contributed by atoms with Crippen LogP contribution in [0.15, 0.2) is 36.4 Å². The molecule has 1 atom stereocenters. The molecule has 0 aromatic heterocycles. The van der Waals surface area contributed by atoms with Crippen LogP contribution >= 0.6 is 11.6 Å². The van der Waals surface area contributed by atoms with Crippen LogP contribution < -0.4 is 4.74 Å². The van der Waals surface area contributed by atoms with Gasteiger partial charge in [-0.25, -0.2) is 4.39 Å². The van der Waals surface area contributed by atoms with Gasteiger partial charge in [-0.1, -0.05) is 29.8 Å². The predicted octanol–water partition coefficient (Wildman–Crippen LogP) is 5.35. The van der Waals surface area contributed by atoms with E-state index in [1.807, 2.05) is 26.0 Å². The molecule has 5 nitrogen and oxygen atoms in total. The first-order valence-corrected chi connectivity index (χ1v) is 13.0. The van der Waals surface area contributed by atoms with E-state index in [1.54, 1.807) is 12.1 Å². The summed E-state index contributed by atoms with van der Waals surface area (Å²) in [5.41, 5.74) is 2.94. The van der Waals surface area contributed by atoms with E-state index in [4.69, 9.17) is 16.3 Å². The van der Waals surface area contributed by atoms with Crippen LogP contribution in [-0.4, -0.2) is 65.7 Å². The third kappa shape index (κ3) is 6.75. The summed E-state index contributed by atoms with van der Waals surface area (Å²) in [6, 6.07) is 9.63. The standard InChI is InChI=1S/C28H36ClFN2O3/c1-19-3-8-26(20(2)27(19)29)35-24-11-13-31(14-12-24)18-22-9-15-32(16-10-22)25(28(33)34)17-21-4-6-23(30)7-5-21/h3-8,22,24-25H,9-18H2,1-2H3,(H,33,34)/t25-/m0/s1. The van der Waals surface area contributed by atoms with Crippen LogP contribution in [0, 0.1) is 25.6 Å². The molecule has 2 aliphatic heterocycles. The Labute approximate surface area is 212 Å². The average Bonchev–Trinajstić information content (AvgIpc) is 2.85. The van der Waals surface area contributed by atoms with Gasteiger partial charge in [-0.2, -0.15) is 0 Å². The summed E-state index contributed by atoms with van der Waals surface area (Å²) in [6.07, 6.45) is 4.63. The molecule has 0 saturated carbocycles. The lowest BCUT2D eigenvalue weighted by Crippen LogP contribution is -2.48. The molecular formula is C28H36ClFN2O3. The van der Waals surface area contributed by atoms with E-state index in [9.17, 15) is 14.3 Å². The molecule has 0 aliphatic carbocycles. The molecular weight excluding hydrogens is 467 g/mol. The molecule has 0 unspecified atom stereocenters. The second-order valence-corrected chi connectivity index (χ2v) is 10.5. The third-order valence-corrected chi connectivity index (χ3v) is 8.17. The maximum atomic E-state index is 13.2. The van der Waals surface area contributed by atoms with Gasteiger partial charge >= 0.3 is 5.97 Å². The van der Waals surface area contributed by atoms with Crippen LogP contribution in [0.25, 0.3) is 0 Å². The number of halogens is 2. The number of benzene rings is 2. The summed E-state index contributed by atoms with van der Waals surface area (Å²) in [6.45, 7) is 8.70. The van der Waals surface area contributed by atoms with E-state index in [1.165, 1.54) is 12.1 Å². The summed E-state index contributed by atoms with van der Waals surface area (Å²) < 4.78 is 19.5. The van der Waals surface area contributed by atoms with Crippen molar-refractivity contribution in [2.45, 2.75) is 58.1 Å². The van der Waals surface area contributed by atoms with Gasteiger partial charge in [0.15, 0.2) is 0 Å². The van der Waals surface area contributed by atoms with Crippen LogP contribution in [0.4, 0.5) is 4.39 Å². The van der Waals surface area contributed by atoms with Gasteiger partial charge in [0.1, 0.15) is 23.7 Å². The molecule has 35 heavy (non-hydrogen) atoms. The second kappa shape index (κ2) is 11.7. The molecule has 2 aliphatic rings. The number of carbonyl (C=O) groups is 1. The van der Waals surface area contributed by atoms with E-state index in [-0.39, 0.29) is 11.9 Å². The smallest absolute Gasteiger partial charge is 0.321 e. The highest BCUT2D eigenvalue weighted by Gasteiger charge is 2.31. The quantitative estimate of drug-likeness (QED) is 0.527. The zero-order chi connectivity index (χ0) is 24.9. The minimum absolute atomic E-state index is 0.216. The normalized spacial score (nSPS) is 19.5. The Morgan fingerprint density at radius 2 is 1.71 bits per heavy atom. The lowest BCUT2D eigenvalue weighted by molar-refractivity contribution is -0.144. The molecule has 2 aromatic rings. The number of piperidine rings is 2. The number of rotatable bonds is 8. The highest BCUT2D eigenvalue weighted by Crippen LogP contribution is 2.31. The van der Waals surface area contributed by atoms with Crippen LogP contribution in [0.1, 0.15) is 42.4 Å². The number of hydrogen-bond donors (Lipinski definition) is 1. The molecule has 190 valence electrons. The van der Waals surface area contributed by atoms with E-state index in [0.717, 1.165) is 85.9 Å². The van der Waals surface area contributed by atoms with Crippen molar-refractivity contribution in [3.05, 3.63) is 63.9 Å². The number of ether oxygens (including phenoxy) is 1. The van der Waals surface area contributed by atoms with E-state index in [0.29, 0.717) is 12.3 Å². The third-order valence-electron chi connectivity index (χ3n) is 7.59. The lowest BCUT2D eigenvalue weighted by Gasteiger charge is -2.39. The molecule has 1 N–H and O–H groups in total. The van der Waals surface area contributed by atoms with Crippen molar-refractivity contribution in [1.29, 1.82) is 0 Å². The molecule has 7 heteroatoms. The summed E-state index contributed by atoms with van der Waals surface area (Å²) in [5.74, 6) is 0.369. The highest BCUT2D eigenvalue weighted by molar-refractivity contribution is 6.32. The molecule has 0 spiro atoms. The van der Waals surface area contributed by atoms with E-state index in [2.05, 4.69) is 9.80 Å². The fourth-order valence-corrected chi connectivity index (χ4v) is 5.50. The molecule has 2 fully saturated rings. The van der Waals surface area contributed by atoms with Crippen molar-refractivity contribution < 1.29 is 19.0 Å². The summed E-state index contributed by atoms with van der Waals surface area (Å²) >= 11 is 6.39. The van der Waals surface area contributed by atoms with Crippen molar-refractivity contribution in [2.75, 3.05) is 32.7 Å². The Kier molecular flexibility index (Phi) is 8.68. The molecule has 4 rings (SSSR count). The molecule has 2 aromatic carbocycles. The van der Waals surface area contributed by atoms with Gasteiger partial charge in [-0.3, -0.25) is 9.69 Å². The summed E-state index contributed by atoms with van der Waals surface area (Å²) in [7, 11) is 0. The van der Waals surface area contributed by atoms with Gasteiger partial charge in [0.05, 0.1) is 5.02 Å². The largest absolute Gasteiger partial charge is 0.490 e. The average molecular weight is 503 g/mol. The number of aliphatic carboxylic acids is 1. The first kappa shape index (κ1) is 25.9. The van der Waals surface area contributed by atoms with Gasteiger partial charge in [-0.05, 0) is 94.3 Å². The summed E-state index contributed by atoms with van der Waals surface area (Å²) in [5, 5.41) is 10.6. The Hall–Kier alpha value is -2.15. The highest BCUT2D eigenvalue weighted by atomic mass is 35.5. The van der Waals surface area contributed by atoms with Gasteiger partial charge in [-0.15, -0.1) is 0 Å². The number of nitrogens with zero attached hydrogens (tertiary/aromatic N) is 2. The minimum Gasteiger partial charge on any atom is -0.490 e. The maximum absolute atomic E-state index is 13.2.